The highest BCUT2D eigenvalue weighted by Gasteiger charge is 2.24. The SMILES string of the molecule is COC(=O)COc1c(Br)cc(/C=N/NC(=O)C(NC(=O)c2ccc(C)cc2)C(C)C)cc1OC. The normalized spacial score (nSPS) is 11.7. The Morgan fingerprint density at radius 3 is 2.38 bits per heavy atom. The van der Waals surface area contributed by atoms with Crippen molar-refractivity contribution >= 4 is 39.9 Å². The van der Waals surface area contributed by atoms with E-state index in [1.807, 2.05) is 32.9 Å². The molecule has 0 aromatic heterocycles. The fourth-order valence-electron chi connectivity index (χ4n) is 2.85. The first-order valence-corrected chi connectivity index (χ1v) is 11.2. The number of benzene rings is 2. The number of nitrogens with zero attached hydrogens (tertiary/aromatic N) is 1. The number of ether oxygens (including phenoxy) is 3. The zero-order valence-corrected chi connectivity index (χ0v) is 21.3. The molecule has 0 aliphatic rings. The first-order valence-electron chi connectivity index (χ1n) is 10.4. The van der Waals surface area contributed by atoms with Crippen molar-refractivity contribution in [3.05, 3.63) is 57.6 Å². The number of amides is 2. The molecular formula is C24H28BrN3O6. The Morgan fingerprint density at radius 2 is 1.79 bits per heavy atom. The van der Waals surface area contributed by atoms with E-state index in [2.05, 4.69) is 36.5 Å². The van der Waals surface area contributed by atoms with Crippen molar-refractivity contribution < 1.29 is 28.6 Å². The van der Waals surface area contributed by atoms with Gasteiger partial charge in [0.1, 0.15) is 6.04 Å². The number of halogens is 1. The van der Waals surface area contributed by atoms with E-state index in [-0.39, 0.29) is 18.4 Å². The van der Waals surface area contributed by atoms with Crippen molar-refractivity contribution in [2.24, 2.45) is 11.0 Å². The third kappa shape index (κ3) is 7.58. The molecule has 0 saturated carbocycles. The van der Waals surface area contributed by atoms with Crippen LogP contribution < -0.4 is 20.2 Å². The number of hydrazone groups is 1. The van der Waals surface area contributed by atoms with Gasteiger partial charge in [-0.25, -0.2) is 10.2 Å². The molecule has 0 heterocycles. The molecule has 2 rings (SSSR count). The Labute approximate surface area is 207 Å². The number of hydrogen-bond donors (Lipinski definition) is 2. The Bertz CT molecular complexity index is 1050. The van der Waals surface area contributed by atoms with Crippen LogP contribution in [0.2, 0.25) is 0 Å². The van der Waals surface area contributed by atoms with Gasteiger partial charge in [0.25, 0.3) is 11.8 Å². The number of nitrogens with one attached hydrogen (secondary N) is 2. The molecule has 182 valence electrons. The van der Waals surface area contributed by atoms with E-state index >= 15 is 0 Å². The molecule has 2 amide bonds. The molecule has 0 fully saturated rings. The van der Waals surface area contributed by atoms with Crippen LogP contribution in [0, 0.1) is 12.8 Å². The maximum Gasteiger partial charge on any atom is 0.343 e. The lowest BCUT2D eigenvalue weighted by Gasteiger charge is -2.20. The van der Waals surface area contributed by atoms with E-state index in [1.54, 1.807) is 24.3 Å². The van der Waals surface area contributed by atoms with E-state index in [0.717, 1.165) is 5.56 Å². The molecule has 0 aliphatic carbocycles. The standard InChI is InChI=1S/C24H28BrN3O6/c1-14(2)21(27-23(30)17-8-6-15(3)7-9-17)24(31)28-26-12-16-10-18(25)22(19(11-16)32-4)34-13-20(29)33-5/h6-12,14,21H,13H2,1-5H3,(H,27,30)(H,28,31)/b26-12+. The van der Waals surface area contributed by atoms with Crippen LogP contribution in [0.1, 0.15) is 35.3 Å². The summed E-state index contributed by atoms with van der Waals surface area (Å²) in [6.45, 7) is 5.32. The number of methoxy groups -OCH3 is 2. The highest BCUT2D eigenvalue weighted by molar-refractivity contribution is 9.10. The molecule has 1 atom stereocenters. The molecule has 10 heteroatoms. The quantitative estimate of drug-likeness (QED) is 0.275. The van der Waals surface area contributed by atoms with Gasteiger partial charge in [-0.1, -0.05) is 31.5 Å². The molecule has 0 bridgehead atoms. The minimum Gasteiger partial charge on any atom is -0.493 e. The third-order valence-electron chi connectivity index (χ3n) is 4.75. The van der Waals surface area contributed by atoms with E-state index < -0.39 is 17.9 Å². The van der Waals surface area contributed by atoms with Crippen LogP contribution in [0.4, 0.5) is 0 Å². The summed E-state index contributed by atoms with van der Waals surface area (Å²) < 4.78 is 15.9. The summed E-state index contributed by atoms with van der Waals surface area (Å²) in [6, 6.07) is 9.63. The van der Waals surface area contributed by atoms with Gasteiger partial charge in [-0.05, 0) is 58.6 Å². The molecule has 0 spiro atoms. The molecule has 9 nitrogen and oxygen atoms in total. The average molecular weight is 534 g/mol. The monoisotopic (exact) mass is 533 g/mol. The summed E-state index contributed by atoms with van der Waals surface area (Å²) in [5, 5.41) is 6.76. The smallest absolute Gasteiger partial charge is 0.343 e. The number of hydrogen-bond acceptors (Lipinski definition) is 7. The lowest BCUT2D eigenvalue weighted by atomic mass is 10.0. The van der Waals surface area contributed by atoms with Crippen molar-refractivity contribution in [2.45, 2.75) is 26.8 Å². The predicted octanol–water partition coefficient (Wildman–Crippen LogP) is 3.22. The summed E-state index contributed by atoms with van der Waals surface area (Å²) in [7, 11) is 2.73. The highest BCUT2D eigenvalue weighted by atomic mass is 79.9. The predicted molar refractivity (Wildman–Crippen MR) is 131 cm³/mol. The van der Waals surface area contributed by atoms with Gasteiger partial charge in [0, 0.05) is 5.56 Å². The third-order valence-corrected chi connectivity index (χ3v) is 5.34. The van der Waals surface area contributed by atoms with Gasteiger partial charge in [0.15, 0.2) is 18.1 Å². The van der Waals surface area contributed by atoms with Gasteiger partial charge < -0.3 is 19.5 Å². The molecule has 2 aromatic rings. The van der Waals surface area contributed by atoms with Crippen LogP contribution in [-0.4, -0.2) is 50.9 Å². The van der Waals surface area contributed by atoms with E-state index in [4.69, 9.17) is 9.47 Å². The molecule has 1 unspecified atom stereocenters. The summed E-state index contributed by atoms with van der Waals surface area (Å²) in [5.74, 6) is -0.796. The van der Waals surface area contributed by atoms with Gasteiger partial charge >= 0.3 is 5.97 Å². The second kappa shape index (κ2) is 12.7. The summed E-state index contributed by atoms with van der Waals surface area (Å²) in [6.07, 6.45) is 1.43. The molecular weight excluding hydrogens is 506 g/mol. The van der Waals surface area contributed by atoms with E-state index in [9.17, 15) is 14.4 Å². The number of aryl methyl sites for hydroxylation is 1. The summed E-state index contributed by atoms with van der Waals surface area (Å²) in [5.41, 5.74) is 4.57. The van der Waals surface area contributed by atoms with Crippen molar-refractivity contribution in [3.63, 3.8) is 0 Å². The van der Waals surface area contributed by atoms with Crippen LogP contribution in [0.25, 0.3) is 0 Å². The number of rotatable bonds is 10. The minimum atomic E-state index is -0.777. The van der Waals surface area contributed by atoms with Gasteiger partial charge in [-0.3, -0.25) is 9.59 Å². The number of carbonyl (C=O) groups excluding carboxylic acids is 3. The number of carbonyl (C=O) groups is 3. The fourth-order valence-corrected chi connectivity index (χ4v) is 3.42. The molecule has 2 aromatic carbocycles. The molecule has 0 aliphatic heterocycles. The van der Waals surface area contributed by atoms with Crippen molar-refractivity contribution in [1.29, 1.82) is 0 Å². The second-order valence-corrected chi connectivity index (χ2v) is 8.55. The van der Waals surface area contributed by atoms with Crippen LogP contribution in [0.3, 0.4) is 0 Å². The Balaban J connectivity index is 2.07. The van der Waals surface area contributed by atoms with Gasteiger partial charge in [-0.15, -0.1) is 0 Å². The molecule has 0 radical (unpaired) electrons. The topological polar surface area (TPSA) is 115 Å². The van der Waals surface area contributed by atoms with Crippen molar-refractivity contribution in [1.82, 2.24) is 10.7 Å². The molecule has 2 N–H and O–H groups in total. The van der Waals surface area contributed by atoms with Crippen molar-refractivity contribution in [3.8, 4) is 11.5 Å². The van der Waals surface area contributed by atoms with Gasteiger partial charge in [0.2, 0.25) is 0 Å². The van der Waals surface area contributed by atoms with Crippen molar-refractivity contribution in [2.75, 3.05) is 20.8 Å². The summed E-state index contributed by atoms with van der Waals surface area (Å²) in [4.78, 5) is 36.6. The molecule has 34 heavy (non-hydrogen) atoms. The lowest BCUT2D eigenvalue weighted by Crippen LogP contribution is -2.48. The zero-order valence-electron chi connectivity index (χ0n) is 19.7. The fraction of sp³-hybridized carbons (Fsp3) is 0.333. The molecule has 0 saturated heterocycles. The zero-order chi connectivity index (χ0) is 25.3. The minimum absolute atomic E-state index is 0.162. The maximum absolute atomic E-state index is 12.7. The largest absolute Gasteiger partial charge is 0.493 e. The van der Waals surface area contributed by atoms with Gasteiger partial charge in [0.05, 0.1) is 24.9 Å². The first kappa shape index (κ1) is 26.8. The Kier molecular flexibility index (Phi) is 10.1. The lowest BCUT2D eigenvalue weighted by molar-refractivity contribution is -0.143. The van der Waals surface area contributed by atoms with Crippen LogP contribution in [0.15, 0.2) is 46.0 Å². The number of esters is 1. The van der Waals surface area contributed by atoms with Crippen LogP contribution >= 0.6 is 15.9 Å². The van der Waals surface area contributed by atoms with Crippen LogP contribution in [-0.2, 0) is 14.3 Å². The Morgan fingerprint density at radius 1 is 1.12 bits per heavy atom. The highest BCUT2D eigenvalue weighted by Crippen LogP contribution is 2.36. The van der Waals surface area contributed by atoms with Gasteiger partial charge in [-0.2, -0.15) is 5.10 Å². The second-order valence-electron chi connectivity index (χ2n) is 7.69. The van der Waals surface area contributed by atoms with E-state index in [1.165, 1.54) is 20.4 Å². The average Bonchev–Trinajstić information content (AvgIpc) is 2.81. The maximum atomic E-state index is 12.7. The summed E-state index contributed by atoms with van der Waals surface area (Å²) >= 11 is 3.37. The first-order chi connectivity index (χ1) is 16.2. The van der Waals surface area contributed by atoms with Crippen LogP contribution in [0.5, 0.6) is 11.5 Å². The Hall–Kier alpha value is -3.40. The van der Waals surface area contributed by atoms with E-state index in [0.29, 0.717) is 27.1 Å².